The standard InChI is InChI=1S/C11H12N2O2S2/c1-6-7(2)17-11(9(6)4-12)13-10(15)5-16-8(3)14/h5H2,1-3H3,(H,13,15). The first kappa shape index (κ1) is 13.7. The number of hydrogen-bond acceptors (Lipinski definition) is 5. The highest BCUT2D eigenvalue weighted by Crippen LogP contribution is 2.31. The van der Waals surface area contributed by atoms with Gasteiger partial charge < -0.3 is 5.32 Å². The summed E-state index contributed by atoms with van der Waals surface area (Å²) in [6.45, 7) is 5.17. The van der Waals surface area contributed by atoms with E-state index in [1.54, 1.807) is 0 Å². The molecule has 0 bridgehead atoms. The highest BCUT2D eigenvalue weighted by Gasteiger charge is 2.14. The SMILES string of the molecule is CC(=O)SCC(=O)Nc1sc(C)c(C)c1C#N. The van der Waals surface area contributed by atoms with Crippen LogP contribution in [0.1, 0.15) is 22.9 Å². The lowest BCUT2D eigenvalue weighted by atomic mass is 10.2. The molecule has 17 heavy (non-hydrogen) atoms. The van der Waals surface area contributed by atoms with E-state index in [-0.39, 0.29) is 16.8 Å². The first-order valence-corrected chi connectivity index (χ1v) is 6.69. The Kier molecular flexibility index (Phi) is 4.73. The molecule has 0 saturated heterocycles. The summed E-state index contributed by atoms with van der Waals surface area (Å²) in [4.78, 5) is 23.2. The average Bonchev–Trinajstić information content (AvgIpc) is 2.51. The number of nitrogens with one attached hydrogen (secondary N) is 1. The number of thiophene rings is 1. The van der Waals surface area contributed by atoms with Crippen LogP contribution in [0.5, 0.6) is 0 Å². The highest BCUT2D eigenvalue weighted by atomic mass is 32.2. The Morgan fingerprint density at radius 1 is 1.47 bits per heavy atom. The van der Waals surface area contributed by atoms with Crippen molar-refractivity contribution in [3.63, 3.8) is 0 Å². The molecule has 1 aromatic rings. The molecular weight excluding hydrogens is 256 g/mol. The Morgan fingerprint density at radius 2 is 2.12 bits per heavy atom. The van der Waals surface area contributed by atoms with Crippen LogP contribution in [0.4, 0.5) is 5.00 Å². The zero-order chi connectivity index (χ0) is 13.0. The Balaban J connectivity index is 2.76. The number of carbonyl (C=O) groups excluding carboxylic acids is 2. The summed E-state index contributed by atoms with van der Waals surface area (Å²) in [5, 5.41) is 12.1. The van der Waals surface area contributed by atoms with Gasteiger partial charge in [0.05, 0.1) is 11.3 Å². The quantitative estimate of drug-likeness (QED) is 0.914. The molecule has 0 atom stereocenters. The number of rotatable bonds is 3. The van der Waals surface area contributed by atoms with E-state index < -0.39 is 0 Å². The number of nitriles is 1. The molecule has 0 aliphatic rings. The number of aryl methyl sites for hydroxylation is 1. The largest absolute Gasteiger partial charge is 0.316 e. The molecule has 4 nitrogen and oxygen atoms in total. The fraction of sp³-hybridized carbons (Fsp3) is 0.364. The number of carbonyl (C=O) groups is 2. The summed E-state index contributed by atoms with van der Waals surface area (Å²) in [5.41, 5.74) is 1.40. The maximum Gasteiger partial charge on any atom is 0.235 e. The van der Waals surface area contributed by atoms with E-state index in [0.717, 1.165) is 22.2 Å². The minimum Gasteiger partial charge on any atom is -0.316 e. The van der Waals surface area contributed by atoms with Crippen LogP contribution in [0.2, 0.25) is 0 Å². The lowest BCUT2D eigenvalue weighted by molar-refractivity contribution is -0.114. The van der Waals surface area contributed by atoms with Crippen LogP contribution in [-0.4, -0.2) is 16.8 Å². The van der Waals surface area contributed by atoms with Gasteiger partial charge in [0.2, 0.25) is 5.91 Å². The monoisotopic (exact) mass is 268 g/mol. The second-order valence-electron chi connectivity index (χ2n) is 3.43. The van der Waals surface area contributed by atoms with Crippen molar-refractivity contribution in [2.45, 2.75) is 20.8 Å². The molecule has 6 heteroatoms. The molecule has 0 radical (unpaired) electrons. The van der Waals surface area contributed by atoms with Crippen molar-refractivity contribution in [2.75, 3.05) is 11.1 Å². The Labute approximate surface area is 108 Å². The van der Waals surface area contributed by atoms with Crippen LogP contribution in [0.3, 0.4) is 0 Å². The Bertz CT molecular complexity index is 500. The summed E-state index contributed by atoms with van der Waals surface area (Å²) < 4.78 is 0. The van der Waals surface area contributed by atoms with Crippen molar-refractivity contribution >= 4 is 39.1 Å². The third kappa shape index (κ3) is 3.58. The van der Waals surface area contributed by atoms with Crippen LogP contribution in [0, 0.1) is 25.2 Å². The fourth-order valence-corrected chi connectivity index (χ4v) is 2.61. The molecule has 0 aromatic carbocycles. The van der Waals surface area contributed by atoms with Gasteiger partial charge in [0, 0.05) is 11.8 Å². The lowest BCUT2D eigenvalue weighted by Crippen LogP contribution is -2.14. The van der Waals surface area contributed by atoms with E-state index >= 15 is 0 Å². The topological polar surface area (TPSA) is 70.0 Å². The fourth-order valence-electron chi connectivity index (χ4n) is 1.18. The zero-order valence-electron chi connectivity index (χ0n) is 9.79. The molecule has 0 aliphatic heterocycles. The van der Waals surface area contributed by atoms with Gasteiger partial charge >= 0.3 is 0 Å². The maximum absolute atomic E-state index is 11.5. The third-order valence-electron chi connectivity index (χ3n) is 2.16. The predicted molar refractivity (Wildman–Crippen MR) is 70.3 cm³/mol. The molecule has 0 unspecified atom stereocenters. The van der Waals surface area contributed by atoms with Gasteiger partial charge in [-0.3, -0.25) is 9.59 Å². The van der Waals surface area contributed by atoms with E-state index in [1.165, 1.54) is 18.3 Å². The van der Waals surface area contributed by atoms with Crippen molar-refractivity contribution in [1.29, 1.82) is 5.26 Å². The van der Waals surface area contributed by atoms with Gasteiger partial charge in [0.1, 0.15) is 11.1 Å². The van der Waals surface area contributed by atoms with E-state index in [2.05, 4.69) is 11.4 Å². The number of thioether (sulfide) groups is 1. The van der Waals surface area contributed by atoms with Crippen molar-refractivity contribution < 1.29 is 9.59 Å². The highest BCUT2D eigenvalue weighted by molar-refractivity contribution is 8.14. The van der Waals surface area contributed by atoms with Crippen LogP contribution in [-0.2, 0) is 9.59 Å². The second-order valence-corrected chi connectivity index (χ2v) is 5.80. The molecule has 0 fully saturated rings. The van der Waals surface area contributed by atoms with Crippen LogP contribution in [0.15, 0.2) is 0 Å². The predicted octanol–water partition coefficient (Wildman–Crippen LogP) is 2.45. The first-order valence-electron chi connectivity index (χ1n) is 4.89. The van der Waals surface area contributed by atoms with Crippen LogP contribution in [0.25, 0.3) is 0 Å². The maximum atomic E-state index is 11.5. The number of hydrogen-bond donors (Lipinski definition) is 1. The molecule has 0 aliphatic carbocycles. The second kappa shape index (κ2) is 5.84. The average molecular weight is 268 g/mol. The van der Waals surface area contributed by atoms with Crippen LogP contribution >= 0.6 is 23.1 Å². The molecule has 1 amide bonds. The molecular formula is C11H12N2O2S2. The smallest absolute Gasteiger partial charge is 0.235 e. The molecule has 0 spiro atoms. The summed E-state index contributed by atoms with van der Waals surface area (Å²) in [5.74, 6) is -0.182. The summed E-state index contributed by atoms with van der Waals surface area (Å²) in [6, 6.07) is 2.08. The molecule has 1 heterocycles. The summed E-state index contributed by atoms with van der Waals surface area (Å²) in [7, 11) is 0. The zero-order valence-corrected chi connectivity index (χ0v) is 11.4. The van der Waals surface area contributed by atoms with Gasteiger partial charge in [0.25, 0.3) is 0 Å². The van der Waals surface area contributed by atoms with Gasteiger partial charge in [-0.1, -0.05) is 11.8 Å². The van der Waals surface area contributed by atoms with Gasteiger partial charge in [0.15, 0.2) is 5.12 Å². The molecule has 1 aromatic heterocycles. The molecule has 0 saturated carbocycles. The normalized spacial score (nSPS) is 9.76. The van der Waals surface area contributed by atoms with Gasteiger partial charge in [-0.15, -0.1) is 11.3 Å². The first-order chi connectivity index (χ1) is 7.95. The van der Waals surface area contributed by atoms with Gasteiger partial charge in [-0.2, -0.15) is 5.26 Å². The molecule has 90 valence electrons. The Morgan fingerprint density at radius 3 is 2.65 bits per heavy atom. The summed E-state index contributed by atoms with van der Waals surface area (Å²) >= 11 is 2.33. The number of nitrogens with zero attached hydrogens (tertiary/aromatic N) is 1. The van der Waals surface area contributed by atoms with E-state index in [4.69, 9.17) is 5.26 Å². The number of anilines is 1. The minimum atomic E-state index is -0.261. The van der Waals surface area contributed by atoms with Gasteiger partial charge in [-0.25, -0.2) is 0 Å². The van der Waals surface area contributed by atoms with E-state index in [1.807, 2.05) is 13.8 Å². The van der Waals surface area contributed by atoms with Crippen molar-refractivity contribution in [3.05, 3.63) is 16.0 Å². The van der Waals surface area contributed by atoms with E-state index in [9.17, 15) is 9.59 Å². The minimum absolute atomic E-state index is 0.0796. The van der Waals surface area contributed by atoms with Crippen molar-refractivity contribution in [3.8, 4) is 6.07 Å². The Hall–Kier alpha value is -1.32. The van der Waals surface area contributed by atoms with Crippen molar-refractivity contribution in [1.82, 2.24) is 0 Å². The van der Waals surface area contributed by atoms with Crippen molar-refractivity contribution in [2.24, 2.45) is 0 Å². The molecule has 1 N–H and O–H groups in total. The molecule has 1 rings (SSSR count). The lowest BCUT2D eigenvalue weighted by Gasteiger charge is -2.01. The van der Waals surface area contributed by atoms with E-state index in [0.29, 0.717) is 10.6 Å². The van der Waals surface area contributed by atoms with Crippen LogP contribution < -0.4 is 5.32 Å². The third-order valence-corrected chi connectivity index (χ3v) is 4.09. The van der Waals surface area contributed by atoms with Gasteiger partial charge in [-0.05, 0) is 19.4 Å². The number of amides is 1. The summed E-state index contributed by atoms with van der Waals surface area (Å²) in [6.07, 6.45) is 0.